The molecule has 0 aliphatic carbocycles. The van der Waals surface area contributed by atoms with Crippen LogP contribution in [0.5, 0.6) is 17.2 Å². The summed E-state index contributed by atoms with van der Waals surface area (Å²) in [5.41, 5.74) is 1.67. The molecule has 0 spiro atoms. The highest BCUT2D eigenvalue weighted by molar-refractivity contribution is 5.96. The molecule has 2 aliphatic heterocycles. The van der Waals surface area contributed by atoms with E-state index in [0.29, 0.717) is 29.5 Å². The Morgan fingerprint density at radius 2 is 2.07 bits per heavy atom. The molecular weight excluding hydrogens is 346 g/mol. The number of anilines is 1. The van der Waals surface area contributed by atoms with Crippen LogP contribution in [0, 0.1) is 6.92 Å². The van der Waals surface area contributed by atoms with Crippen molar-refractivity contribution >= 4 is 11.6 Å². The molecule has 27 heavy (non-hydrogen) atoms. The molecule has 142 valence electrons. The standard InChI is InChI=1S/C21H23NO5/c1-14-8-9-16(19(11-14)25-12-15-5-4-10-24-15)22-21(23)20-13-26-17-6-2-3-7-18(17)27-20/h2-3,6-9,11,15,20H,4-5,10,12-13H2,1H3,(H,22,23)/t15-,20-/m0/s1. The molecule has 1 saturated heterocycles. The summed E-state index contributed by atoms with van der Waals surface area (Å²) in [5, 5.41) is 2.90. The minimum Gasteiger partial charge on any atom is -0.489 e. The predicted octanol–water partition coefficient (Wildman–Crippen LogP) is 3.33. The van der Waals surface area contributed by atoms with Gasteiger partial charge in [0.1, 0.15) is 19.0 Å². The quantitative estimate of drug-likeness (QED) is 0.876. The summed E-state index contributed by atoms with van der Waals surface area (Å²) >= 11 is 0. The third kappa shape index (κ3) is 4.17. The van der Waals surface area contributed by atoms with E-state index < -0.39 is 6.10 Å². The van der Waals surface area contributed by atoms with Crippen LogP contribution in [0.4, 0.5) is 5.69 Å². The van der Waals surface area contributed by atoms with E-state index in [1.165, 1.54) is 0 Å². The second-order valence-corrected chi connectivity index (χ2v) is 6.80. The van der Waals surface area contributed by atoms with Gasteiger partial charge in [-0.1, -0.05) is 18.2 Å². The van der Waals surface area contributed by atoms with Gasteiger partial charge >= 0.3 is 0 Å². The van der Waals surface area contributed by atoms with Crippen LogP contribution in [0.1, 0.15) is 18.4 Å². The summed E-state index contributed by atoms with van der Waals surface area (Å²) in [5.74, 6) is 1.59. The molecule has 2 atom stereocenters. The van der Waals surface area contributed by atoms with Crippen molar-refractivity contribution in [2.45, 2.75) is 32.0 Å². The lowest BCUT2D eigenvalue weighted by molar-refractivity contribution is -0.125. The Hall–Kier alpha value is -2.73. The van der Waals surface area contributed by atoms with E-state index in [2.05, 4.69) is 5.32 Å². The van der Waals surface area contributed by atoms with Gasteiger partial charge in [-0.3, -0.25) is 4.79 Å². The molecule has 2 heterocycles. The molecule has 1 fully saturated rings. The van der Waals surface area contributed by atoms with Crippen LogP contribution in [0.2, 0.25) is 0 Å². The number of amides is 1. The molecule has 6 nitrogen and oxygen atoms in total. The van der Waals surface area contributed by atoms with Crippen molar-refractivity contribution in [3.05, 3.63) is 48.0 Å². The number of hydrogen-bond donors (Lipinski definition) is 1. The molecule has 4 rings (SSSR count). The number of para-hydroxylation sites is 2. The average Bonchev–Trinajstić information content (AvgIpc) is 3.21. The SMILES string of the molecule is Cc1ccc(NC(=O)[C@@H]2COc3ccccc3O2)c(OC[C@@H]2CCCO2)c1. The number of hydrogen-bond acceptors (Lipinski definition) is 5. The molecule has 6 heteroatoms. The van der Waals surface area contributed by atoms with Crippen molar-refractivity contribution in [3.63, 3.8) is 0 Å². The summed E-state index contributed by atoms with van der Waals surface area (Å²) < 4.78 is 22.9. The smallest absolute Gasteiger partial charge is 0.269 e. The van der Waals surface area contributed by atoms with Crippen LogP contribution in [0.15, 0.2) is 42.5 Å². The summed E-state index contributed by atoms with van der Waals surface area (Å²) in [6, 6.07) is 13.0. The monoisotopic (exact) mass is 369 g/mol. The largest absolute Gasteiger partial charge is 0.489 e. The molecule has 0 saturated carbocycles. The van der Waals surface area contributed by atoms with Crippen LogP contribution in [0.3, 0.4) is 0 Å². The topological polar surface area (TPSA) is 66.0 Å². The molecule has 2 aliphatic rings. The number of fused-ring (bicyclic) bond motifs is 1. The second-order valence-electron chi connectivity index (χ2n) is 6.80. The Kier molecular flexibility index (Phi) is 5.16. The molecule has 0 aromatic heterocycles. The molecule has 0 unspecified atom stereocenters. The second kappa shape index (κ2) is 7.88. The minimum absolute atomic E-state index is 0.112. The third-order valence-electron chi connectivity index (χ3n) is 4.64. The van der Waals surface area contributed by atoms with E-state index in [4.69, 9.17) is 18.9 Å². The fraction of sp³-hybridized carbons (Fsp3) is 0.381. The zero-order valence-corrected chi connectivity index (χ0v) is 15.3. The van der Waals surface area contributed by atoms with Crippen LogP contribution in [-0.4, -0.2) is 37.9 Å². The van der Waals surface area contributed by atoms with Crippen molar-refractivity contribution in [2.75, 3.05) is 25.1 Å². The van der Waals surface area contributed by atoms with E-state index in [1.807, 2.05) is 43.3 Å². The normalized spacial score (nSPS) is 20.9. The number of rotatable bonds is 5. The summed E-state index contributed by atoms with van der Waals surface area (Å²) in [6.45, 7) is 3.41. The Morgan fingerprint density at radius 1 is 1.22 bits per heavy atom. The first-order valence-corrected chi connectivity index (χ1v) is 9.23. The lowest BCUT2D eigenvalue weighted by Crippen LogP contribution is -2.40. The van der Waals surface area contributed by atoms with Gasteiger partial charge in [0, 0.05) is 6.61 Å². The Balaban J connectivity index is 1.43. The van der Waals surface area contributed by atoms with Crippen LogP contribution in [0.25, 0.3) is 0 Å². The van der Waals surface area contributed by atoms with E-state index in [-0.39, 0.29) is 18.6 Å². The van der Waals surface area contributed by atoms with E-state index >= 15 is 0 Å². The van der Waals surface area contributed by atoms with Crippen molar-refractivity contribution < 1.29 is 23.7 Å². The number of ether oxygens (including phenoxy) is 4. The highest BCUT2D eigenvalue weighted by Crippen LogP contribution is 2.32. The average molecular weight is 369 g/mol. The van der Waals surface area contributed by atoms with Gasteiger partial charge in [-0.05, 0) is 49.6 Å². The van der Waals surface area contributed by atoms with Crippen molar-refractivity contribution in [3.8, 4) is 17.2 Å². The van der Waals surface area contributed by atoms with Gasteiger partial charge in [-0.2, -0.15) is 0 Å². The highest BCUT2D eigenvalue weighted by Gasteiger charge is 2.28. The maximum atomic E-state index is 12.7. The Morgan fingerprint density at radius 3 is 2.89 bits per heavy atom. The number of aryl methyl sites for hydroxylation is 1. The van der Waals surface area contributed by atoms with Gasteiger partial charge in [-0.25, -0.2) is 0 Å². The maximum absolute atomic E-state index is 12.7. The van der Waals surface area contributed by atoms with Gasteiger partial charge < -0.3 is 24.3 Å². The molecule has 0 bridgehead atoms. The molecular formula is C21H23NO5. The van der Waals surface area contributed by atoms with E-state index in [9.17, 15) is 4.79 Å². The van der Waals surface area contributed by atoms with Crippen molar-refractivity contribution in [1.29, 1.82) is 0 Å². The van der Waals surface area contributed by atoms with Crippen LogP contribution < -0.4 is 19.5 Å². The number of carbonyl (C=O) groups is 1. The van der Waals surface area contributed by atoms with Gasteiger partial charge in [0.05, 0.1) is 11.8 Å². The van der Waals surface area contributed by atoms with E-state index in [1.54, 1.807) is 6.07 Å². The summed E-state index contributed by atoms with van der Waals surface area (Å²) in [6.07, 6.45) is 1.46. The maximum Gasteiger partial charge on any atom is 0.269 e. The predicted molar refractivity (Wildman–Crippen MR) is 101 cm³/mol. The lowest BCUT2D eigenvalue weighted by Gasteiger charge is -2.26. The van der Waals surface area contributed by atoms with Crippen LogP contribution >= 0.6 is 0 Å². The minimum atomic E-state index is -0.716. The molecule has 1 N–H and O–H groups in total. The highest BCUT2D eigenvalue weighted by atomic mass is 16.6. The van der Waals surface area contributed by atoms with E-state index in [0.717, 1.165) is 25.0 Å². The zero-order valence-electron chi connectivity index (χ0n) is 15.3. The van der Waals surface area contributed by atoms with Gasteiger partial charge in [-0.15, -0.1) is 0 Å². The van der Waals surface area contributed by atoms with Gasteiger partial charge in [0.2, 0.25) is 6.10 Å². The molecule has 0 radical (unpaired) electrons. The fourth-order valence-electron chi connectivity index (χ4n) is 3.17. The third-order valence-corrected chi connectivity index (χ3v) is 4.64. The molecule has 2 aromatic rings. The first-order chi connectivity index (χ1) is 13.2. The first kappa shape index (κ1) is 17.7. The van der Waals surface area contributed by atoms with Crippen molar-refractivity contribution in [1.82, 2.24) is 0 Å². The lowest BCUT2D eigenvalue weighted by atomic mass is 10.2. The summed E-state index contributed by atoms with van der Waals surface area (Å²) in [7, 11) is 0. The van der Waals surface area contributed by atoms with Gasteiger partial charge in [0.25, 0.3) is 5.91 Å². The molecule has 2 aromatic carbocycles. The van der Waals surface area contributed by atoms with Crippen LogP contribution in [-0.2, 0) is 9.53 Å². The number of carbonyl (C=O) groups excluding carboxylic acids is 1. The number of nitrogens with one attached hydrogen (secondary N) is 1. The number of benzene rings is 2. The fourth-order valence-corrected chi connectivity index (χ4v) is 3.17. The van der Waals surface area contributed by atoms with Crippen molar-refractivity contribution in [2.24, 2.45) is 0 Å². The summed E-state index contributed by atoms with van der Waals surface area (Å²) in [4.78, 5) is 12.7. The Bertz CT molecular complexity index is 816. The van der Waals surface area contributed by atoms with Gasteiger partial charge in [0.15, 0.2) is 11.5 Å². The molecule has 1 amide bonds. The zero-order chi connectivity index (χ0) is 18.6. The Labute approximate surface area is 158 Å². The first-order valence-electron chi connectivity index (χ1n) is 9.23.